The highest BCUT2D eigenvalue weighted by molar-refractivity contribution is 5.97. The molecule has 12 heteroatoms. The molecule has 0 N–H and O–H groups in total. The standard InChI is InChI=1S/C27H24F3N5O4/c28-27(29,30)25-6-3-5-21(32-25)23(36)13-18-12-19-15-35(16-26(37)34-8-10-38-11-9-34)33-22(19)14-24(18)39-17-20-4-1-2-7-31-20/h1-7,12,14-15H,8-11,13,16-17H2. The predicted molar refractivity (Wildman–Crippen MR) is 133 cm³/mol. The lowest BCUT2D eigenvalue weighted by Crippen LogP contribution is -2.42. The van der Waals surface area contributed by atoms with Crippen molar-refractivity contribution in [2.75, 3.05) is 26.3 Å². The number of hydrogen-bond donors (Lipinski definition) is 0. The molecule has 1 aromatic carbocycles. The summed E-state index contributed by atoms with van der Waals surface area (Å²) in [7, 11) is 0. The molecule has 0 saturated carbocycles. The Bertz CT molecular complexity index is 1480. The SMILES string of the molecule is O=C(Cc1cc2cn(CC(=O)N3CCOCC3)nc2cc1OCc1ccccn1)c1cccc(C(F)(F)F)n1. The molecule has 202 valence electrons. The van der Waals surface area contributed by atoms with Crippen LogP contribution < -0.4 is 4.74 Å². The highest BCUT2D eigenvalue weighted by Gasteiger charge is 2.33. The molecule has 0 spiro atoms. The number of pyridine rings is 2. The first kappa shape index (κ1) is 26.3. The summed E-state index contributed by atoms with van der Waals surface area (Å²) < 4.78 is 52.2. The molecule has 1 fully saturated rings. The van der Waals surface area contributed by atoms with E-state index in [1.54, 1.807) is 41.6 Å². The Morgan fingerprint density at radius 3 is 2.62 bits per heavy atom. The van der Waals surface area contributed by atoms with Gasteiger partial charge in [0, 0.05) is 48.9 Å². The summed E-state index contributed by atoms with van der Waals surface area (Å²) in [6.07, 6.45) is -1.61. The molecule has 1 aliphatic heterocycles. The lowest BCUT2D eigenvalue weighted by molar-refractivity contribution is -0.141. The van der Waals surface area contributed by atoms with Crippen LogP contribution in [0.25, 0.3) is 10.9 Å². The molecule has 1 aliphatic rings. The molecule has 4 heterocycles. The number of ketones is 1. The average Bonchev–Trinajstić information content (AvgIpc) is 3.33. The summed E-state index contributed by atoms with van der Waals surface area (Å²) >= 11 is 0. The lowest BCUT2D eigenvalue weighted by Gasteiger charge is -2.26. The van der Waals surface area contributed by atoms with Crippen molar-refractivity contribution < 1.29 is 32.2 Å². The van der Waals surface area contributed by atoms with Crippen LogP contribution in [-0.4, -0.2) is 62.6 Å². The Morgan fingerprint density at radius 1 is 1.05 bits per heavy atom. The zero-order chi connectivity index (χ0) is 27.4. The van der Waals surface area contributed by atoms with E-state index in [0.717, 1.165) is 12.1 Å². The van der Waals surface area contributed by atoms with Gasteiger partial charge in [-0.2, -0.15) is 18.3 Å². The van der Waals surface area contributed by atoms with Gasteiger partial charge in [-0.05, 0) is 30.3 Å². The number of alkyl halides is 3. The zero-order valence-corrected chi connectivity index (χ0v) is 20.7. The third-order valence-electron chi connectivity index (χ3n) is 6.17. The van der Waals surface area contributed by atoms with E-state index in [4.69, 9.17) is 9.47 Å². The lowest BCUT2D eigenvalue weighted by atomic mass is 10.0. The quantitative estimate of drug-likeness (QED) is 0.315. The number of fused-ring (bicyclic) bond motifs is 1. The normalized spacial score (nSPS) is 14.0. The van der Waals surface area contributed by atoms with Crippen LogP contribution >= 0.6 is 0 Å². The number of rotatable bonds is 8. The van der Waals surface area contributed by atoms with E-state index in [2.05, 4.69) is 15.1 Å². The largest absolute Gasteiger partial charge is 0.487 e. The highest BCUT2D eigenvalue weighted by atomic mass is 19.4. The highest BCUT2D eigenvalue weighted by Crippen LogP contribution is 2.29. The van der Waals surface area contributed by atoms with Crippen LogP contribution in [0.2, 0.25) is 0 Å². The van der Waals surface area contributed by atoms with Crippen LogP contribution in [-0.2, 0) is 35.3 Å². The number of aromatic nitrogens is 4. The number of Topliss-reactive ketones (excluding diaryl/α,β-unsaturated/α-hetero) is 1. The molecule has 1 saturated heterocycles. The van der Waals surface area contributed by atoms with E-state index < -0.39 is 17.7 Å². The number of carbonyl (C=O) groups is 2. The molecule has 4 aromatic rings. The van der Waals surface area contributed by atoms with Gasteiger partial charge in [0.1, 0.15) is 30.3 Å². The Morgan fingerprint density at radius 2 is 1.87 bits per heavy atom. The second-order valence-electron chi connectivity index (χ2n) is 8.95. The molecule has 39 heavy (non-hydrogen) atoms. The van der Waals surface area contributed by atoms with Crippen molar-refractivity contribution >= 4 is 22.6 Å². The molecule has 0 bridgehead atoms. The van der Waals surface area contributed by atoms with Crippen molar-refractivity contribution in [1.29, 1.82) is 0 Å². The first-order valence-corrected chi connectivity index (χ1v) is 12.2. The molecule has 0 aliphatic carbocycles. The Hall–Kier alpha value is -4.32. The monoisotopic (exact) mass is 539 g/mol. The van der Waals surface area contributed by atoms with Gasteiger partial charge in [0.15, 0.2) is 5.78 Å². The minimum absolute atomic E-state index is 0.0290. The smallest absolute Gasteiger partial charge is 0.433 e. The minimum atomic E-state index is -4.67. The van der Waals surface area contributed by atoms with Crippen molar-refractivity contribution in [2.24, 2.45) is 0 Å². The van der Waals surface area contributed by atoms with Crippen molar-refractivity contribution in [3.8, 4) is 5.75 Å². The van der Waals surface area contributed by atoms with Crippen LogP contribution in [0.3, 0.4) is 0 Å². The Balaban J connectivity index is 1.42. The topological polar surface area (TPSA) is 99.4 Å². The second-order valence-corrected chi connectivity index (χ2v) is 8.95. The molecule has 3 aromatic heterocycles. The number of carbonyl (C=O) groups excluding carboxylic acids is 2. The summed E-state index contributed by atoms with van der Waals surface area (Å²) in [6.45, 7) is 2.14. The predicted octanol–water partition coefficient (Wildman–Crippen LogP) is 3.71. The van der Waals surface area contributed by atoms with Gasteiger partial charge in [-0.25, -0.2) is 4.98 Å². The maximum Gasteiger partial charge on any atom is 0.433 e. The van der Waals surface area contributed by atoms with Crippen LogP contribution in [0.4, 0.5) is 13.2 Å². The van der Waals surface area contributed by atoms with Crippen molar-refractivity contribution in [3.63, 3.8) is 0 Å². The van der Waals surface area contributed by atoms with E-state index in [9.17, 15) is 22.8 Å². The summed E-state index contributed by atoms with van der Waals surface area (Å²) in [5.74, 6) is -0.361. The number of ether oxygens (including phenoxy) is 2. The van der Waals surface area contributed by atoms with Gasteiger partial charge in [0.25, 0.3) is 0 Å². The molecule has 0 radical (unpaired) electrons. The van der Waals surface area contributed by atoms with E-state index in [-0.39, 0.29) is 31.2 Å². The Labute approximate surface area is 221 Å². The molecule has 5 rings (SSSR count). The van der Waals surface area contributed by atoms with Crippen molar-refractivity contribution in [1.82, 2.24) is 24.6 Å². The fourth-order valence-corrected chi connectivity index (χ4v) is 4.20. The second kappa shape index (κ2) is 11.2. The maximum absolute atomic E-state index is 13.1. The molecule has 0 atom stereocenters. The van der Waals surface area contributed by atoms with E-state index in [1.807, 2.05) is 6.07 Å². The Kier molecular flexibility index (Phi) is 7.55. The van der Waals surface area contributed by atoms with E-state index >= 15 is 0 Å². The first-order chi connectivity index (χ1) is 18.8. The third kappa shape index (κ3) is 6.40. The third-order valence-corrected chi connectivity index (χ3v) is 6.17. The van der Waals surface area contributed by atoms with Gasteiger partial charge in [-0.1, -0.05) is 12.1 Å². The molecule has 0 unspecified atom stereocenters. The molecule has 1 amide bonds. The summed E-state index contributed by atoms with van der Waals surface area (Å²) in [5.41, 5.74) is 0.195. The van der Waals surface area contributed by atoms with Crippen LogP contribution in [0.1, 0.15) is 27.4 Å². The van der Waals surface area contributed by atoms with Gasteiger partial charge >= 0.3 is 6.18 Å². The number of amides is 1. The fourth-order valence-electron chi connectivity index (χ4n) is 4.20. The first-order valence-electron chi connectivity index (χ1n) is 12.2. The van der Waals surface area contributed by atoms with Gasteiger partial charge in [-0.15, -0.1) is 0 Å². The van der Waals surface area contributed by atoms with Gasteiger partial charge in [0.2, 0.25) is 5.91 Å². The van der Waals surface area contributed by atoms with Crippen LogP contribution in [0.15, 0.2) is 60.9 Å². The zero-order valence-electron chi connectivity index (χ0n) is 20.7. The average molecular weight is 540 g/mol. The number of hydrogen-bond acceptors (Lipinski definition) is 7. The van der Waals surface area contributed by atoms with Gasteiger partial charge < -0.3 is 14.4 Å². The molecule has 9 nitrogen and oxygen atoms in total. The maximum atomic E-state index is 13.1. The van der Waals surface area contributed by atoms with Crippen molar-refractivity contribution in [3.05, 3.63) is 83.6 Å². The summed E-state index contributed by atoms with van der Waals surface area (Å²) in [5, 5.41) is 5.15. The van der Waals surface area contributed by atoms with Gasteiger partial charge in [0.05, 0.1) is 24.4 Å². The van der Waals surface area contributed by atoms with E-state index in [1.165, 1.54) is 10.7 Å². The molecular weight excluding hydrogens is 515 g/mol. The minimum Gasteiger partial charge on any atom is -0.487 e. The summed E-state index contributed by atoms with van der Waals surface area (Å²) in [4.78, 5) is 35.1. The van der Waals surface area contributed by atoms with E-state index in [0.29, 0.717) is 54.2 Å². The number of morpholine rings is 1. The van der Waals surface area contributed by atoms with Gasteiger partial charge in [-0.3, -0.25) is 19.3 Å². The number of halogens is 3. The van der Waals surface area contributed by atoms with Crippen LogP contribution in [0, 0.1) is 0 Å². The van der Waals surface area contributed by atoms with Crippen LogP contribution in [0.5, 0.6) is 5.75 Å². The molecular formula is C27H24F3N5O4. The number of benzene rings is 1. The number of nitrogens with zero attached hydrogens (tertiary/aromatic N) is 5. The fraction of sp³-hybridized carbons (Fsp3) is 0.296. The summed E-state index contributed by atoms with van der Waals surface area (Å²) in [6, 6.07) is 11.9. The van der Waals surface area contributed by atoms with Crippen molar-refractivity contribution in [2.45, 2.75) is 25.7 Å².